The number of rotatable bonds is 7. The normalized spacial score (nSPS) is 15.7. The molecule has 0 aromatic heterocycles. The Morgan fingerprint density at radius 2 is 0.621 bits per heavy atom. The van der Waals surface area contributed by atoms with Gasteiger partial charge in [0.1, 0.15) is 0 Å². The summed E-state index contributed by atoms with van der Waals surface area (Å²) in [6.07, 6.45) is 0. The summed E-state index contributed by atoms with van der Waals surface area (Å²) in [5.74, 6) is 0. The molecule has 0 heterocycles. The highest BCUT2D eigenvalue weighted by molar-refractivity contribution is 6.82. The maximum absolute atomic E-state index is 6.67. The van der Waals surface area contributed by atoms with E-state index in [1.165, 1.54) is 0 Å². The van der Waals surface area contributed by atoms with E-state index in [0.29, 0.717) is 5.67 Å². The third-order valence-electron chi connectivity index (χ3n) is 2.97. The molecule has 0 aliphatic carbocycles. The van der Waals surface area contributed by atoms with Crippen molar-refractivity contribution in [2.45, 2.75) is 144 Å². The van der Waals surface area contributed by atoms with Crippen LogP contribution in [0.3, 0.4) is 0 Å². The van der Waals surface area contributed by atoms with Crippen molar-refractivity contribution in [1.29, 1.82) is 0 Å². The molecule has 0 fully saturated rings. The predicted molar refractivity (Wildman–Crippen MR) is 126 cm³/mol. The van der Waals surface area contributed by atoms with Crippen molar-refractivity contribution in [2.24, 2.45) is 0 Å². The van der Waals surface area contributed by atoms with Gasteiger partial charge in [0.15, 0.2) is 0 Å². The quantitative estimate of drug-likeness (QED) is 0.408. The monoisotopic (exact) mass is 450 g/mol. The van der Waals surface area contributed by atoms with E-state index in [9.17, 15) is 0 Å². The van der Waals surface area contributed by atoms with Gasteiger partial charge in [0.05, 0.1) is 33.7 Å². The lowest BCUT2D eigenvalue weighted by Gasteiger charge is -2.47. The van der Waals surface area contributed by atoms with Crippen LogP contribution in [0.1, 0.15) is 104 Å². The van der Waals surface area contributed by atoms with Gasteiger partial charge in [-0.05, 0) is 110 Å². The molecule has 0 rings (SSSR count). The van der Waals surface area contributed by atoms with Crippen LogP contribution in [0.2, 0.25) is 12.2 Å². The standard InChI is InChI=1S/C22H50O5Si2/c1-18(2,3)23-28(16,24-19(4,5)6)17-29(25-20(7,8)9,26-21(10,11)12)27-22(13,14)15/h17H2,1-16H3. The lowest BCUT2D eigenvalue weighted by atomic mass is 10.2. The third kappa shape index (κ3) is 14.8. The minimum atomic E-state index is -3.23. The zero-order chi connectivity index (χ0) is 23.7. The van der Waals surface area contributed by atoms with Crippen molar-refractivity contribution in [3.8, 4) is 0 Å². The first kappa shape index (κ1) is 29.2. The summed E-state index contributed by atoms with van der Waals surface area (Å²) < 4.78 is 33.2. The molecule has 0 unspecified atom stereocenters. The second-order valence-electron chi connectivity index (χ2n) is 13.1. The Balaban J connectivity index is 6.46. The molecule has 0 bridgehead atoms. The van der Waals surface area contributed by atoms with Crippen molar-refractivity contribution in [2.75, 3.05) is 0 Å². The van der Waals surface area contributed by atoms with Crippen LogP contribution in [-0.4, -0.2) is 45.4 Å². The fourth-order valence-corrected chi connectivity index (χ4v) is 13.5. The molecule has 0 spiro atoms. The van der Waals surface area contributed by atoms with E-state index in [-0.39, 0.29) is 11.2 Å². The SMILES string of the molecule is CC(C)(C)O[Si](C)(C[Si](OC(C)(C)C)(OC(C)(C)C)OC(C)(C)C)OC(C)(C)C. The van der Waals surface area contributed by atoms with Gasteiger partial charge in [-0.25, -0.2) is 0 Å². The lowest BCUT2D eigenvalue weighted by molar-refractivity contribution is -0.0756. The lowest BCUT2D eigenvalue weighted by Crippen LogP contribution is -2.63. The molecule has 0 aliphatic rings. The highest BCUT2D eigenvalue weighted by atomic mass is 28.4. The smallest absolute Gasteiger partial charge is 0.389 e. The molecule has 0 N–H and O–H groups in total. The zero-order valence-corrected chi connectivity index (χ0v) is 24.2. The van der Waals surface area contributed by atoms with Crippen molar-refractivity contribution in [3.63, 3.8) is 0 Å². The summed E-state index contributed by atoms with van der Waals surface area (Å²) in [5, 5.41) is 0. The zero-order valence-electron chi connectivity index (χ0n) is 22.2. The average Bonchev–Trinajstić information content (AvgIpc) is 2.10. The van der Waals surface area contributed by atoms with Crippen molar-refractivity contribution >= 4 is 17.4 Å². The van der Waals surface area contributed by atoms with Gasteiger partial charge in [-0.15, -0.1) is 0 Å². The molecule has 176 valence electrons. The summed E-state index contributed by atoms with van der Waals surface area (Å²) in [6, 6.07) is 0. The first-order chi connectivity index (χ1) is 12.2. The summed E-state index contributed by atoms with van der Waals surface area (Å²) in [7, 11) is -5.99. The second-order valence-corrected chi connectivity index (χ2v) is 19.1. The summed E-state index contributed by atoms with van der Waals surface area (Å²) in [5.41, 5.74) is -1.47. The van der Waals surface area contributed by atoms with Crippen LogP contribution in [0.4, 0.5) is 0 Å². The van der Waals surface area contributed by atoms with E-state index in [1.807, 2.05) is 62.3 Å². The Labute approximate surface area is 183 Å². The summed E-state index contributed by atoms with van der Waals surface area (Å²) >= 11 is 0. The highest BCUT2D eigenvalue weighted by Gasteiger charge is 2.58. The Kier molecular flexibility index (Phi) is 9.07. The number of hydrogen-bond acceptors (Lipinski definition) is 5. The largest absolute Gasteiger partial charge is 0.504 e. The van der Waals surface area contributed by atoms with Crippen LogP contribution < -0.4 is 0 Å². The van der Waals surface area contributed by atoms with Gasteiger partial charge < -0.3 is 22.1 Å². The molecule has 29 heavy (non-hydrogen) atoms. The Morgan fingerprint density at radius 3 is 0.793 bits per heavy atom. The fraction of sp³-hybridized carbons (Fsp3) is 1.00. The molecule has 0 aliphatic heterocycles. The van der Waals surface area contributed by atoms with Crippen LogP contribution in [0.5, 0.6) is 0 Å². The molecule has 0 radical (unpaired) electrons. The van der Waals surface area contributed by atoms with E-state index in [4.69, 9.17) is 22.1 Å². The second kappa shape index (κ2) is 9.00. The first-order valence-corrected chi connectivity index (χ1v) is 15.2. The van der Waals surface area contributed by atoms with Crippen molar-refractivity contribution in [3.05, 3.63) is 0 Å². The summed E-state index contributed by atoms with van der Waals surface area (Å²) in [4.78, 5) is 0. The molecule has 0 saturated heterocycles. The van der Waals surface area contributed by atoms with Crippen LogP contribution in [0.25, 0.3) is 0 Å². The molecule has 0 saturated carbocycles. The molecule has 0 atom stereocenters. The molecule has 0 amide bonds. The predicted octanol–water partition coefficient (Wildman–Crippen LogP) is 6.61. The van der Waals surface area contributed by atoms with Crippen LogP contribution in [0, 0.1) is 0 Å². The maximum atomic E-state index is 6.67. The third-order valence-corrected chi connectivity index (χ3v) is 12.1. The Hall–Kier alpha value is 0.234. The molecule has 0 aromatic rings. The van der Waals surface area contributed by atoms with Crippen LogP contribution >= 0.6 is 0 Å². The minimum Gasteiger partial charge on any atom is -0.389 e. The van der Waals surface area contributed by atoms with E-state index in [2.05, 4.69) is 48.1 Å². The van der Waals surface area contributed by atoms with Crippen LogP contribution in [0.15, 0.2) is 0 Å². The van der Waals surface area contributed by atoms with Gasteiger partial charge in [0.2, 0.25) is 0 Å². The Morgan fingerprint density at radius 1 is 0.414 bits per heavy atom. The minimum absolute atomic E-state index is 0.350. The summed E-state index contributed by atoms with van der Waals surface area (Å²) in [6.45, 7) is 32.9. The van der Waals surface area contributed by atoms with E-state index >= 15 is 0 Å². The topological polar surface area (TPSA) is 46.2 Å². The van der Waals surface area contributed by atoms with Gasteiger partial charge in [-0.2, -0.15) is 0 Å². The molecule has 5 nitrogen and oxygen atoms in total. The van der Waals surface area contributed by atoms with Crippen molar-refractivity contribution in [1.82, 2.24) is 0 Å². The number of hydrogen-bond donors (Lipinski definition) is 0. The average molecular weight is 451 g/mol. The van der Waals surface area contributed by atoms with Gasteiger partial charge in [0, 0.05) is 0 Å². The van der Waals surface area contributed by atoms with Crippen molar-refractivity contribution < 1.29 is 22.1 Å². The molecular formula is C22H50O5Si2. The fourth-order valence-electron chi connectivity index (χ4n) is 3.35. The van der Waals surface area contributed by atoms with Gasteiger partial charge >= 0.3 is 17.4 Å². The van der Waals surface area contributed by atoms with Gasteiger partial charge in [-0.3, -0.25) is 0 Å². The van der Waals surface area contributed by atoms with E-state index in [1.54, 1.807) is 0 Å². The van der Waals surface area contributed by atoms with Gasteiger partial charge in [0.25, 0.3) is 0 Å². The molecular weight excluding hydrogens is 400 g/mol. The van der Waals surface area contributed by atoms with Crippen LogP contribution in [-0.2, 0) is 22.1 Å². The molecule has 7 heteroatoms. The highest BCUT2D eigenvalue weighted by Crippen LogP contribution is 2.38. The van der Waals surface area contributed by atoms with Gasteiger partial charge in [-0.1, -0.05) is 0 Å². The van der Waals surface area contributed by atoms with E-state index < -0.39 is 34.2 Å². The maximum Gasteiger partial charge on any atom is 0.504 e. The molecule has 0 aromatic carbocycles. The van der Waals surface area contributed by atoms with E-state index in [0.717, 1.165) is 0 Å². The first-order valence-electron chi connectivity index (χ1n) is 10.7. The Bertz CT molecular complexity index is 457.